The standard InChI is InChI=1S/C18H28N2O/c1-15(2)13-19-14-16-6-7-18-17(12-16)8-10-20(18)9-4-3-5-11-21/h6-8,10,12,15,19,21H,3-5,9,11,13-14H2,1-2H3. The Morgan fingerprint density at radius 3 is 2.76 bits per heavy atom. The van der Waals surface area contributed by atoms with Crippen LogP contribution in [0.3, 0.4) is 0 Å². The molecule has 2 aromatic rings. The highest BCUT2D eigenvalue weighted by Gasteiger charge is 2.03. The highest BCUT2D eigenvalue weighted by molar-refractivity contribution is 5.80. The predicted molar refractivity (Wildman–Crippen MR) is 89.4 cm³/mol. The summed E-state index contributed by atoms with van der Waals surface area (Å²) in [4.78, 5) is 0. The summed E-state index contributed by atoms with van der Waals surface area (Å²) < 4.78 is 2.32. The maximum atomic E-state index is 8.82. The molecule has 2 rings (SSSR count). The zero-order valence-corrected chi connectivity index (χ0v) is 13.3. The lowest BCUT2D eigenvalue weighted by Gasteiger charge is -2.09. The summed E-state index contributed by atoms with van der Waals surface area (Å²) in [6, 6.07) is 8.94. The number of fused-ring (bicyclic) bond motifs is 1. The zero-order chi connectivity index (χ0) is 15.1. The molecule has 116 valence electrons. The maximum absolute atomic E-state index is 8.82. The van der Waals surface area contributed by atoms with Gasteiger partial charge in [0.15, 0.2) is 0 Å². The highest BCUT2D eigenvalue weighted by atomic mass is 16.2. The molecule has 0 bridgehead atoms. The third-order valence-corrected chi connectivity index (χ3v) is 3.77. The smallest absolute Gasteiger partial charge is 0.0480 e. The van der Waals surface area contributed by atoms with E-state index in [-0.39, 0.29) is 0 Å². The van der Waals surface area contributed by atoms with Crippen LogP contribution in [0.1, 0.15) is 38.7 Å². The van der Waals surface area contributed by atoms with Gasteiger partial charge in [-0.3, -0.25) is 0 Å². The van der Waals surface area contributed by atoms with Gasteiger partial charge in [0.25, 0.3) is 0 Å². The Labute approximate surface area is 128 Å². The van der Waals surface area contributed by atoms with Crippen molar-refractivity contribution in [2.45, 2.75) is 46.2 Å². The van der Waals surface area contributed by atoms with Crippen LogP contribution in [0.25, 0.3) is 10.9 Å². The van der Waals surface area contributed by atoms with Crippen LogP contribution >= 0.6 is 0 Å². The molecule has 3 heteroatoms. The minimum atomic E-state index is 0.305. The molecule has 0 saturated carbocycles. The minimum absolute atomic E-state index is 0.305. The molecule has 0 atom stereocenters. The van der Waals surface area contributed by atoms with Gasteiger partial charge >= 0.3 is 0 Å². The van der Waals surface area contributed by atoms with E-state index in [1.807, 2.05) is 0 Å². The van der Waals surface area contributed by atoms with Gasteiger partial charge in [0.1, 0.15) is 0 Å². The zero-order valence-electron chi connectivity index (χ0n) is 13.3. The number of nitrogens with zero attached hydrogens (tertiary/aromatic N) is 1. The second-order valence-electron chi connectivity index (χ2n) is 6.21. The number of aryl methyl sites for hydroxylation is 1. The summed E-state index contributed by atoms with van der Waals surface area (Å²) in [5, 5.41) is 13.6. The number of aromatic nitrogens is 1. The number of aliphatic hydroxyl groups excluding tert-OH is 1. The molecule has 0 aliphatic heterocycles. The van der Waals surface area contributed by atoms with Crippen LogP contribution in [0, 0.1) is 5.92 Å². The topological polar surface area (TPSA) is 37.2 Å². The molecule has 1 heterocycles. The van der Waals surface area contributed by atoms with Crippen LogP contribution in [0.5, 0.6) is 0 Å². The van der Waals surface area contributed by atoms with Gasteiger partial charge in [-0.2, -0.15) is 0 Å². The van der Waals surface area contributed by atoms with Gasteiger partial charge in [-0.15, -0.1) is 0 Å². The summed E-state index contributed by atoms with van der Waals surface area (Å²) in [6.07, 6.45) is 5.30. The van der Waals surface area contributed by atoms with E-state index >= 15 is 0 Å². The molecule has 0 saturated heterocycles. The summed E-state index contributed by atoms with van der Waals surface area (Å²) in [5.41, 5.74) is 2.66. The Hall–Kier alpha value is -1.32. The second kappa shape index (κ2) is 8.20. The molecule has 2 N–H and O–H groups in total. The van der Waals surface area contributed by atoms with Crippen LogP contribution in [-0.4, -0.2) is 22.8 Å². The van der Waals surface area contributed by atoms with Gasteiger partial charge < -0.3 is 15.0 Å². The fraction of sp³-hybridized carbons (Fsp3) is 0.556. The van der Waals surface area contributed by atoms with Crippen molar-refractivity contribution in [2.75, 3.05) is 13.2 Å². The largest absolute Gasteiger partial charge is 0.396 e. The molecule has 0 spiro atoms. The first-order chi connectivity index (χ1) is 10.2. The molecule has 0 aliphatic carbocycles. The number of unbranched alkanes of at least 4 members (excludes halogenated alkanes) is 2. The van der Waals surface area contributed by atoms with Crippen molar-refractivity contribution in [3.8, 4) is 0 Å². The van der Waals surface area contributed by atoms with Crippen molar-refractivity contribution in [3.05, 3.63) is 36.0 Å². The lowest BCUT2D eigenvalue weighted by atomic mass is 10.1. The molecular formula is C18H28N2O. The van der Waals surface area contributed by atoms with E-state index < -0.39 is 0 Å². The first-order valence-electron chi connectivity index (χ1n) is 8.10. The first-order valence-corrected chi connectivity index (χ1v) is 8.10. The van der Waals surface area contributed by atoms with Crippen LogP contribution < -0.4 is 5.32 Å². The quantitative estimate of drug-likeness (QED) is 0.692. The minimum Gasteiger partial charge on any atom is -0.396 e. The van der Waals surface area contributed by atoms with Crippen molar-refractivity contribution in [1.82, 2.24) is 9.88 Å². The molecule has 3 nitrogen and oxygen atoms in total. The average Bonchev–Trinajstić information content (AvgIpc) is 2.86. The molecule has 1 aromatic heterocycles. The number of benzene rings is 1. The van der Waals surface area contributed by atoms with Crippen LogP contribution in [0.2, 0.25) is 0 Å². The number of rotatable bonds is 9. The van der Waals surface area contributed by atoms with Crippen molar-refractivity contribution in [2.24, 2.45) is 5.92 Å². The Bertz CT molecular complexity index is 545. The first kappa shape index (κ1) is 16.1. The van der Waals surface area contributed by atoms with Gasteiger partial charge in [-0.25, -0.2) is 0 Å². The third-order valence-electron chi connectivity index (χ3n) is 3.77. The Balaban J connectivity index is 1.94. The van der Waals surface area contributed by atoms with E-state index in [0.29, 0.717) is 12.5 Å². The van der Waals surface area contributed by atoms with E-state index in [4.69, 9.17) is 5.11 Å². The van der Waals surface area contributed by atoms with Gasteiger partial charge in [0.05, 0.1) is 0 Å². The van der Waals surface area contributed by atoms with Crippen molar-refractivity contribution in [3.63, 3.8) is 0 Å². The maximum Gasteiger partial charge on any atom is 0.0480 e. The van der Waals surface area contributed by atoms with Crippen LogP contribution in [0.15, 0.2) is 30.5 Å². The van der Waals surface area contributed by atoms with E-state index in [1.54, 1.807) is 0 Å². The van der Waals surface area contributed by atoms with Crippen molar-refractivity contribution in [1.29, 1.82) is 0 Å². The molecular weight excluding hydrogens is 260 g/mol. The van der Waals surface area contributed by atoms with Crippen LogP contribution in [-0.2, 0) is 13.1 Å². The van der Waals surface area contributed by atoms with Crippen molar-refractivity contribution < 1.29 is 5.11 Å². The molecule has 0 fully saturated rings. The Morgan fingerprint density at radius 1 is 1.14 bits per heavy atom. The van der Waals surface area contributed by atoms with Crippen LogP contribution in [0.4, 0.5) is 0 Å². The van der Waals surface area contributed by atoms with Gasteiger partial charge in [-0.1, -0.05) is 19.9 Å². The summed E-state index contributed by atoms with van der Waals surface area (Å²) in [5.74, 6) is 0.689. The monoisotopic (exact) mass is 288 g/mol. The normalized spacial score (nSPS) is 11.6. The summed E-state index contributed by atoms with van der Waals surface area (Å²) in [7, 11) is 0. The van der Waals surface area contributed by atoms with Gasteiger partial charge in [0, 0.05) is 31.4 Å². The number of aliphatic hydroxyl groups is 1. The fourth-order valence-corrected chi connectivity index (χ4v) is 2.63. The second-order valence-corrected chi connectivity index (χ2v) is 6.21. The van der Waals surface area contributed by atoms with Gasteiger partial charge in [0.2, 0.25) is 0 Å². The SMILES string of the molecule is CC(C)CNCc1ccc2c(ccn2CCCCCO)c1. The third kappa shape index (κ3) is 4.87. The Morgan fingerprint density at radius 2 is 2.00 bits per heavy atom. The molecule has 0 aliphatic rings. The fourth-order valence-electron chi connectivity index (χ4n) is 2.63. The number of hydrogen-bond donors (Lipinski definition) is 2. The van der Waals surface area contributed by atoms with E-state index in [2.05, 4.69) is 54.2 Å². The molecule has 21 heavy (non-hydrogen) atoms. The highest BCUT2D eigenvalue weighted by Crippen LogP contribution is 2.18. The number of nitrogens with one attached hydrogen (secondary N) is 1. The summed E-state index contributed by atoms with van der Waals surface area (Å²) in [6.45, 7) is 7.80. The van der Waals surface area contributed by atoms with E-state index in [9.17, 15) is 0 Å². The lowest BCUT2D eigenvalue weighted by molar-refractivity contribution is 0.282. The van der Waals surface area contributed by atoms with E-state index in [0.717, 1.165) is 38.9 Å². The molecule has 0 radical (unpaired) electrons. The van der Waals surface area contributed by atoms with Crippen molar-refractivity contribution >= 4 is 10.9 Å². The number of hydrogen-bond acceptors (Lipinski definition) is 2. The van der Waals surface area contributed by atoms with Gasteiger partial charge in [-0.05, 0) is 60.9 Å². The summed E-state index contributed by atoms with van der Waals surface area (Å²) >= 11 is 0. The predicted octanol–water partition coefficient (Wildman–Crippen LogP) is 3.55. The molecule has 0 unspecified atom stereocenters. The lowest BCUT2D eigenvalue weighted by Crippen LogP contribution is -2.18. The van der Waals surface area contributed by atoms with E-state index in [1.165, 1.54) is 16.5 Å². The average molecular weight is 288 g/mol. The molecule has 0 amide bonds. The molecule has 1 aromatic carbocycles. The Kier molecular flexibility index (Phi) is 6.27.